The van der Waals surface area contributed by atoms with Gasteiger partial charge in [-0.25, -0.2) is 0 Å². The predicted octanol–water partition coefficient (Wildman–Crippen LogP) is 7.78. The number of pyridine rings is 1. The van der Waals surface area contributed by atoms with Crippen LogP contribution in [0.3, 0.4) is 0 Å². The maximum atomic E-state index is 13.5. The Morgan fingerprint density at radius 1 is 0.919 bits per heavy atom. The number of halogens is 6. The van der Waals surface area contributed by atoms with Crippen LogP contribution < -0.4 is 0 Å². The van der Waals surface area contributed by atoms with E-state index >= 15 is 0 Å². The van der Waals surface area contributed by atoms with Gasteiger partial charge in [0.25, 0.3) is 5.91 Å². The van der Waals surface area contributed by atoms with E-state index in [4.69, 9.17) is 4.42 Å². The lowest BCUT2D eigenvalue weighted by molar-refractivity contribution is -0.143. The van der Waals surface area contributed by atoms with Gasteiger partial charge < -0.3 is 9.32 Å². The van der Waals surface area contributed by atoms with Crippen molar-refractivity contribution in [3.05, 3.63) is 113 Å². The molecular formula is C27H20F6N2O2. The molecular weight excluding hydrogens is 498 g/mol. The number of rotatable bonds is 6. The van der Waals surface area contributed by atoms with Crippen molar-refractivity contribution < 1.29 is 35.6 Å². The Morgan fingerprint density at radius 2 is 1.57 bits per heavy atom. The second-order valence-electron chi connectivity index (χ2n) is 8.32. The molecule has 4 nitrogen and oxygen atoms in total. The number of hydrogen-bond donors (Lipinski definition) is 0. The third-order valence-electron chi connectivity index (χ3n) is 5.88. The molecule has 0 radical (unpaired) electrons. The summed E-state index contributed by atoms with van der Waals surface area (Å²) in [7, 11) is 0. The minimum absolute atomic E-state index is 0.0591. The summed E-state index contributed by atoms with van der Waals surface area (Å²) in [5.74, 6) is -0.814. The Balaban J connectivity index is 1.82. The molecule has 0 aliphatic heterocycles. The summed E-state index contributed by atoms with van der Waals surface area (Å²) >= 11 is 0. The maximum absolute atomic E-state index is 13.5. The molecule has 0 fully saturated rings. The van der Waals surface area contributed by atoms with E-state index in [1.807, 2.05) is 30.3 Å². The second-order valence-corrected chi connectivity index (χ2v) is 8.32. The summed E-state index contributed by atoms with van der Waals surface area (Å²) in [6.07, 6.45) is -5.73. The van der Waals surface area contributed by atoms with Gasteiger partial charge in [-0.2, -0.15) is 26.3 Å². The second kappa shape index (κ2) is 10.1. The highest BCUT2D eigenvalue weighted by atomic mass is 19.4. The van der Waals surface area contributed by atoms with Gasteiger partial charge in [0, 0.05) is 18.9 Å². The Labute approximate surface area is 208 Å². The molecule has 0 spiro atoms. The molecule has 0 saturated heterocycles. The number of alkyl halides is 6. The van der Waals surface area contributed by atoms with Crippen LogP contribution in [0.5, 0.6) is 0 Å². The number of hydrogen-bond acceptors (Lipinski definition) is 3. The van der Waals surface area contributed by atoms with E-state index in [1.165, 1.54) is 31.5 Å². The molecule has 2 aromatic carbocycles. The van der Waals surface area contributed by atoms with Gasteiger partial charge in [0.1, 0.15) is 0 Å². The number of aromatic nitrogens is 1. The Hall–Kier alpha value is -4.08. The van der Waals surface area contributed by atoms with Gasteiger partial charge in [0.15, 0.2) is 5.76 Å². The molecule has 2 aromatic heterocycles. The zero-order valence-electron chi connectivity index (χ0n) is 19.3. The number of furan rings is 1. The van der Waals surface area contributed by atoms with Gasteiger partial charge in [-0.15, -0.1) is 0 Å². The molecule has 4 rings (SSSR count). The first-order valence-electron chi connectivity index (χ1n) is 11.1. The van der Waals surface area contributed by atoms with Crippen molar-refractivity contribution in [2.75, 3.05) is 0 Å². The van der Waals surface area contributed by atoms with Crippen molar-refractivity contribution >= 4 is 5.91 Å². The van der Waals surface area contributed by atoms with E-state index < -0.39 is 35.4 Å². The summed E-state index contributed by atoms with van der Waals surface area (Å²) in [5, 5.41) is 0. The number of nitrogens with zero attached hydrogens (tertiary/aromatic N) is 2. The van der Waals surface area contributed by atoms with Crippen LogP contribution in [0.2, 0.25) is 0 Å². The normalized spacial score (nSPS) is 12.8. The number of carbonyl (C=O) groups is 1. The van der Waals surface area contributed by atoms with Crippen LogP contribution >= 0.6 is 0 Å². The van der Waals surface area contributed by atoms with Gasteiger partial charge >= 0.3 is 12.4 Å². The largest absolute Gasteiger partial charge is 0.459 e. The fourth-order valence-electron chi connectivity index (χ4n) is 3.96. The van der Waals surface area contributed by atoms with Crippen LogP contribution in [0.1, 0.15) is 45.8 Å². The molecule has 2 heterocycles. The maximum Gasteiger partial charge on any atom is 0.416 e. The molecule has 10 heteroatoms. The average Bonchev–Trinajstić information content (AvgIpc) is 3.41. The quantitative estimate of drug-likeness (QED) is 0.245. The summed E-state index contributed by atoms with van der Waals surface area (Å²) in [5.41, 5.74) is -1.19. The third-order valence-corrected chi connectivity index (χ3v) is 5.88. The van der Waals surface area contributed by atoms with Gasteiger partial charge in [-0.3, -0.25) is 9.78 Å². The zero-order valence-corrected chi connectivity index (χ0v) is 19.3. The van der Waals surface area contributed by atoms with Crippen molar-refractivity contribution in [2.45, 2.75) is 31.9 Å². The number of amides is 1. The molecule has 1 amide bonds. The van der Waals surface area contributed by atoms with Crippen LogP contribution in [0.4, 0.5) is 26.3 Å². The van der Waals surface area contributed by atoms with E-state index in [1.54, 1.807) is 12.3 Å². The first-order valence-corrected chi connectivity index (χ1v) is 11.1. The summed E-state index contributed by atoms with van der Waals surface area (Å²) in [4.78, 5) is 18.7. The first kappa shape index (κ1) is 26.0. The van der Waals surface area contributed by atoms with E-state index in [9.17, 15) is 31.1 Å². The van der Waals surface area contributed by atoms with Crippen molar-refractivity contribution in [3.8, 4) is 11.1 Å². The lowest BCUT2D eigenvalue weighted by atomic mass is 9.97. The van der Waals surface area contributed by atoms with Gasteiger partial charge in [0.05, 0.1) is 23.4 Å². The monoisotopic (exact) mass is 518 g/mol. The molecule has 37 heavy (non-hydrogen) atoms. The molecule has 192 valence electrons. The third kappa shape index (κ3) is 5.84. The zero-order chi connectivity index (χ0) is 26.8. The molecule has 0 saturated carbocycles. The summed E-state index contributed by atoms with van der Waals surface area (Å²) in [6.45, 7) is 1.21. The molecule has 0 N–H and O–H groups in total. The first-order chi connectivity index (χ1) is 17.4. The Kier molecular flexibility index (Phi) is 7.11. The fourth-order valence-corrected chi connectivity index (χ4v) is 3.96. The highest BCUT2D eigenvalue weighted by Gasteiger charge is 2.38. The number of carbonyl (C=O) groups excluding carboxylic acids is 1. The molecule has 0 aliphatic carbocycles. The molecule has 1 unspecified atom stereocenters. The average molecular weight is 518 g/mol. The fraction of sp³-hybridized carbons (Fsp3) is 0.185. The number of benzene rings is 2. The topological polar surface area (TPSA) is 46.3 Å². The minimum atomic E-state index is -5.02. The van der Waals surface area contributed by atoms with Crippen LogP contribution in [-0.2, 0) is 18.9 Å². The SMILES string of the molecule is CC(c1cc(C(F)(F)F)cc(C(F)(F)F)c1)N(Cc1cnccc1-c1ccccc1)C(=O)c1ccco1. The lowest BCUT2D eigenvalue weighted by Gasteiger charge is -2.30. The minimum Gasteiger partial charge on any atom is -0.459 e. The molecule has 0 bridgehead atoms. The molecule has 0 aliphatic rings. The smallest absolute Gasteiger partial charge is 0.416 e. The van der Waals surface area contributed by atoms with E-state index in [-0.39, 0.29) is 23.9 Å². The van der Waals surface area contributed by atoms with E-state index in [0.29, 0.717) is 23.3 Å². The summed E-state index contributed by atoms with van der Waals surface area (Å²) in [6, 6.07) is 13.8. The lowest BCUT2D eigenvalue weighted by Crippen LogP contribution is -2.33. The van der Waals surface area contributed by atoms with Crippen LogP contribution in [-0.4, -0.2) is 15.8 Å². The summed E-state index contributed by atoms with van der Waals surface area (Å²) < 4.78 is 86.2. The van der Waals surface area contributed by atoms with E-state index in [0.717, 1.165) is 10.5 Å². The Bertz CT molecular complexity index is 1330. The van der Waals surface area contributed by atoms with Crippen molar-refractivity contribution in [1.82, 2.24) is 9.88 Å². The molecule has 4 aromatic rings. The Morgan fingerprint density at radius 3 is 2.14 bits per heavy atom. The molecule has 1 atom stereocenters. The van der Waals surface area contributed by atoms with Gasteiger partial charge in [-0.05, 0) is 65.6 Å². The van der Waals surface area contributed by atoms with Gasteiger partial charge in [-0.1, -0.05) is 30.3 Å². The van der Waals surface area contributed by atoms with Crippen LogP contribution in [0.25, 0.3) is 11.1 Å². The van der Waals surface area contributed by atoms with Gasteiger partial charge in [0.2, 0.25) is 0 Å². The van der Waals surface area contributed by atoms with Crippen molar-refractivity contribution in [1.29, 1.82) is 0 Å². The highest BCUT2D eigenvalue weighted by Crippen LogP contribution is 2.39. The van der Waals surface area contributed by atoms with Crippen LogP contribution in [0, 0.1) is 0 Å². The van der Waals surface area contributed by atoms with E-state index in [2.05, 4.69) is 4.98 Å². The van der Waals surface area contributed by atoms with Crippen molar-refractivity contribution in [3.63, 3.8) is 0 Å². The van der Waals surface area contributed by atoms with Crippen molar-refractivity contribution in [2.24, 2.45) is 0 Å². The van der Waals surface area contributed by atoms with Crippen LogP contribution in [0.15, 0.2) is 89.8 Å². The highest BCUT2D eigenvalue weighted by molar-refractivity contribution is 5.92. The predicted molar refractivity (Wildman–Crippen MR) is 123 cm³/mol. The standard InChI is InChI=1S/C27H20F6N2O2/c1-17(19-12-21(26(28,29)30)14-22(13-19)27(31,32)33)35(25(36)24-8-5-11-37-24)16-20-15-34-10-9-23(20)18-6-3-2-4-7-18/h2-15,17H,16H2,1H3.